The average molecular weight is 280 g/mol. The van der Waals surface area contributed by atoms with Gasteiger partial charge >= 0.3 is 5.71 Å². The third-order valence-electron chi connectivity index (χ3n) is 2.94. The van der Waals surface area contributed by atoms with E-state index in [0.29, 0.717) is 16.9 Å². The summed E-state index contributed by atoms with van der Waals surface area (Å²) in [7, 11) is 0. The zero-order valence-electron chi connectivity index (χ0n) is 11.1. The summed E-state index contributed by atoms with van der Waals surface area (Å²) in [5.41, 5.74) is 9.15. The maximum atomic E-state index is 11.6. The van der Waals surface area contributed by atoms with Gasteiger partial charge in [-0.1, -0.05) is 42.5 Å². The molecule has 0 bridgehead atoms. The van der Waals surface area contributed by atoms with E-state index in [-0.39, 0.29) is 23.7 Å². The first-order valence-corrected chi connectivity index (χ1v) is 6.25. The molecule has 0 radical (unpaired) electrons. The average Bonchev–Trinajstić information content (AvgIpc) is 2.52. The standard InChI is InChI=1S/C10H6N2O2.C6H6O/c11-12-8-5-9(13)6-3-1-2-4-7(6)10(8)14;7-6-4-2-1-3-5-6/h1-4H,5H2;1-5,7H. The molecule has 2 aromatic carbocycles. The van der Waals surface area contributed by atoms with E-state index >= 15 is 0 Å². The van der Waals surface area contributed by atoms with Crippen LogP contribution in [0.5, 0.6) is 5.75 Å². The summed E-state index contributed by atoms with van der Waals surface area (Å²) in [5, 5.41) is 8.63. The lowest BCUT2D eigenvalue weighted by atomic mass is 9.88. The summed E-state index contributed by atoms with van der Waals surface area (Å²) >= 11 is 0. The number of carbonyl (C=O) groups excluding carboxylic acids is 2. The minimum absolute atomic E-state index is 0.0892. The summed E-state index contributed by atoms with van der Waals surface area (Å²) < 4.78 is 0. The molecule has 1 N–H and O–H groups in total. The van der Waals surface area contributed by atoms with Crippen molar-refractivity contribution in [1.82, 2.24) is 0 Å². The van der Waals surface area contributed by atoms with Crippen molar-refractivity contribution in [3.8, 4) is 5.75 Å². The first kappa shape index (κ1) is 14.4. The number of Topliss-reactive ketones (excluding diaryl/α,β-unsaturated/α-hetero) is 2. The second-order valence-corrected chi connectivity index (χ2v) is 4.36. The fourth-order valence-electron chi connectivity index (χ4n) is 1.92. The van der Waals surface area contributed by atoms with Gasteiger partial charge in [0.05, 0.1) is 0 Å². The van der Waals surface area contributed by atoms with Gasteiger partial charge in [0.15, 0.2) is 5.78 Å². The van der Waals surface area contributed by atoms with Gasteiger partial charge in [0.1, 0.15) is 12.2 Å². The molecule has 3 rings (SSSR count). The molecule has 21 heavy (non-hydrogen) atoms. The van der Waals surface area contributed by atoms with Gasteiger partial charge in [-0.15, -0.1) is 0 Å². The Hall–Kier alpha value is -3.04. The first-order valence-electron chi connectivity index (χ1n) is 6.25. The smallest absolute Gasteiger partial charge is 0.347 e. The van der Waals surface area contributed by atoms with Crippen LogP contribution in [0.15, 0.2) is 54.6 Å². The minimum atomic E-state index is -0.372. The lowest BCUT2D eigenvalue weighted by Gasteiger charge is -2.08. The maximum absolute atomic E-state index is 11.6. The first-order chi connectivity index (χ1) is 10.1. The number of hydrogen-bond acceptors (Lipinski definition) is 3. The van der Waals surface area contributed by atoms with Crippen LogP contribution in [0.2, 0.25) is 0 Å². The topological polar surface area (TPSA) is 90.8 Å². The minimum Gasteiger partial charge on any atom is -0.508 e. The number of phenols is 1. The zero-order chi connectivity index (χ0) is 15.2. The highest BCUT2D eigenvalue weighted by Crippen LogP contribution is 2.18. The normalized spacial score (nSPS) is 12.9. The number of rotatable bonds is 0. The molecule has 5 nitrogen and oxygen atoms in total. The van der Waals surface area contributed by atoms with Crippen LogP contribution in [-0.4, -0.2) is 27.2 Å². The zero-order valence-corrected chi connectivity index (χ0v) is 11.1. The van der Waals surface area contributed by atoms with Crippen molar-refractivity contribution in [2.75, 3.05) is 0 Å². The van der Waals surface area contributed by atoms with Crippen LogP contribution >= 0.6 is 0 Å². The van der Waals surface area contributed by atoms with Gasteiger partial charge in [-0.25, -0.2) is 0 Å². The van der Waals surface area contributed by atoms with E-state index < -0.39 is 0 Å². The van der Waals surface area contributed by atoms with E-state index in [2.05, 4.69) is 4.79 Å². The molecule has 0 amide bonds. The predicted octanol–water partition coefficient (Wildman–Crippen LogP) is 2.52. The molecule has 0 saturated heterocycles. The van der Waals surface area contributed by atoms with E-state index in [4.69, 9.17) is 10.6 Å². The van der Waals surface area contributed by atoms with E-state index in [1.807, 2.05) is 6.07 Å². The highest BCUT2D eigenvalue weighted by Gasteiger charge is 2.34. The number of hydrogen-bond donors (Lipinski definition) is 1. The molecular weight excluding hydrogens is 268 g/mol. The Kier molecular flexibility index (Phi) is 4.39. The summed E-state index contributed by atoms with van der Waals surface area (Å²) in [5.74, 6) is -0.238. The van der Waals surface area contributed by atoms with Crippen LogP contribution in [0.3, 0.4) is 0 Å². The van der Waals surface area contributed by atoms with Crippen molar-refractivity contribution in [2.24, 2.45) is 0 Å². The summed E-state index contributed by atoms with van der Waals surface area (Å²) in [6.07, 6.45) is -0.119. The second-order valence-electron chi connectivity index (χ2n) is 4.36. The van der Waals surface area contributed by atoms with Gasteiger partial charge in [-0.05, 0) is 12.1 Å². The molecule has 0 unspecified atom stereocenters. The van der Waals surface area contributed by atoms with E-state index in [0.717, 1.165) is 0 Å². The Morgan fingerprint density at radius 2 is 1.48 bits per heavy atom. The second kappa shape index (κ2) is 6.41. The largest absolute Gasteiger partial charge is 0.508 e. The van der Waals surface area contributed by atoms with Crippen molar-refractivity contribution in [3.05, 3.63) is 71.3 Å². The van der Waals surface area contributed by atoms with Gasteiger partial charge in [0, 0.05) is 11.1 Å². The van der Waals surface area contributed by atoms with Gasteiger partial charge in [-0.2, -0.15) is 4.79 Å². The van der Waals surface area contributed by atoms with Crippen LogP contribution < -0.4 is 0 Å². The number of phenolic OH excluding ortho intramolecular Hbond substituents is 1. The van der Waals surface area contributed by atoms with Crippen LogP contribution in [-0.2, 0) is 0 Å². The van der Waals surface area contributed by atoms with Gasteiger partial charge < -0.3 is 10.6 Å². The molecule has 0 spiro atoms. The van der Waals surface area contributed by atoms with Gasteiger partial charge in [-0.3, -0.25) is 9.59 Å². The highest BCUT2D eigenvalue weighted by molar-refractivity contribution is 6.50. The number of benzene rings is 2. The molecule has 0 saturated carbocycles. The fraction of sp³-hybridized carbons (Fsp3) is 0.0625. The van der Waals surface area contributed by atoms with Crippen LogP contribution in [0, 0.1) is 0 Å². The van der Waals surface area contributed by atoms with Crippen molar-refractivity contribution >= 4 is 17.3 Å². The molecule has 0 aliphatic heterocycles. The van der Waals surface area contributed by atoms with Crippen LogP contribution in [0.25, 0.3) is 5.53 Å². The summed E-state index contributed by atoms with van der Waals surface area (Å²) in [6, 6.07) is 15.2. The Labute approximate surface area is 121 Å². The number of para-hydroxylation sites is 1. The van der Waals surface area contributed by atoms with Crippen molar-refractivity contribution in [2.45, 2.75) is 6.42 Å². The van der Waals surface area contributed by atoms with Crippen LogP contribution in [0.1, 0.15) is 27.1 Å². The number of fused-ring (bicyclic) bond motifs is 1. The third-order valence-corrected chi connectivity index (χ3v) is 2.94. The summed E-state index contributed by atoms with van der Waals surface area (Å²) in [4.78, 5) is 25.8. The van der Waals surface area contributed by atoms with Crippen molar-refractivity contribution < 1.29 is 19.5 Å². The van der Waals surface area contributed by atoms with E-state index in [1.165, 1.54) is 0 Å². The van der Waals surface area contributed by atoms with E-state index in [9.17, 15) is 9.59 Å². The molecule has 0 aromatic heterocycles. The SMILES string of the molecule is Oc1ccccc1.[N-]=[N+]=C1CC(=O)c2ccccc2C1=O. The number of ketones is 2. The lowest BCUT2D eigenvalue weighted by molar-refractivity contribution is -0.00889. The molecule has 0 fully saturated rings. The lowest BCUT2D eigenvalue weighted by Crippen LogP contribution is -2.27. The highest BCUT2D eigenvalue weighted by atomic mass is 16.3. The molecular formula is C16H12N2O3. The molecule has 1 aliphatic rings. The molecule has 104 valence electrons. The third kappa shape index (κ3) is 3.29. The molecule has 0 atom stereocenters. The molecule has 2 aromatic rings. The summed E-state index contributed by atoms with van der Waals surface area (Å²) in [6.45, 7) is 0. The number of aromatic hydroxyl groups is 1. The maximum Gasteiger partial charge on any atom is 0.347 e. The fourth-order valence-corrected chi connectivity index (χ4v) is 1.92. The molecule has 1 aliphatic carbocycles. The van der Waals surface area contributed by atoms with Crippen LogP contribution in [0.4, 0.5) is 0 Å². The molecule has 5 heteroatoms. The quantitative estimate of drug-likeness (QED) is 0.593. The Morgan fingerprint density at radius 1 is 0.905 bits per heavy atom. The Morgan fingerprint density at radius 3 is 2.00 bits per heavy atom. The van der Waals surface area contributed by atoms with E-state index in [1.54, 1.807) is 48.5 Å². The van der Waals surface area contributed by atoms with Gasteiger partial charge in [0.25, 0.3) is 5.78 Å². The van der Waals surface area contributed by atoms with Crippen molar-refractivity contribution in [3.63, 3.8) is 0 Å². The number of carbonyl (C=O) groups is 2. The molecule has 0 heterocycles. The monoisotopic (exact) mass is 280 g/mol. The van der Waals surface area contributed by atoms with Gasteiger partial charge in [0.2, 0.25) is 0 Å². The Bertz CT molecular complexity index is 732. The Balaban J connectivity index is 0.000000194. The van der Waals surface area contributed by atoms with Crippen molar-refractivity contribution in [1.29, 1.82) is 0 Å². The predicted molar refractivity (Wildman–Crippen MR) is 76.5 cm³/mol. The number of nitrogens with zero attached hydrogens (tertiary/aromatic N) is 2.